The van der Waals surface area contributed by atoms with Gasteiger partial charge in [-0.1, -0.05) is 42.8 Å². The molecular formula is C30H29N9O3. The van der Waals surface area contributed by atoms with E-state index in [9.17, 15) is 20.0 Å². The average molecular weight is 564 g/mol. The molecule has 1 aliphatic rings. The van der Waals surface area contributed by atoms with Gasteiger partial charge < -0.3 is 16.2 Å². The second-order valence-electron chi connectivity index (χ2n) is 10.0. The molecule has 0 aliphatic carbocycles. The first-order valence-corrected chi connectivity index (χ1v) is 13.3. The zero-order valence-corrected chi connectivity index (χ0v) is 23.0. The predicted molar refractivity (Wildman–Crippen MR) is 160 cm³/mol. The summed E-state index contributed by atoms with van der Waals surface area (Å²) in [6.45, 7) is 4.77. The monoisotopic (exact) mass is 563 g/mol. The van der Waals surface area contributed by atoms with Crippen LogP contribution in [0.5, 0.6) is 5.75 Å². The van der Waals surface area contributed by atoms with Gasteiger partial charge in [-0.05, 0) is 42.8 Å². The van der Waals surface area contributed by atoms with Gasteiger partial charge in [-0.15, -0.1) is 0 Å². The number of aromatic nitrogens is 3. The maximum absolute atomic E-state index is 13.3. The summed E-state index contributed by atoms with van der Waals surface area (Å²) in [5, 5.41) is 29.4. The molecule has 12 heteroatoms. The quantitative estimate of drug-likeness (QED) is 0.130. The molecule has 2 aromatic carbocycles. The number of hydrogen-bond acceptors (Lipinski definition) is 9. The summed E-state index contributed by atoms with van der Waals surface area (Å²) in [6.07, 6.45) is 6.47. The summed E-state index contributed by atoms with van der Waals surface area (Å²) in [7, 11) is 0. The highest BCUT2D eigenvalue weighted by atomic mass is 16.3. The molecular weight excluding hydrogens is 534 g/mol. The lowest BCUT2D eigenvalue weighted by atomic mass is 10.0. The zero-order valence-electron chi connectivity index (χ0n) is 23.0. The molecule has 0 bridgehead atoms. The molecule has 3 heterocycles. The zero-order chi connectivity index (χ0) is 29.8. The highest BCUT2D eigenvalue weighted by molar-refractivity contribution is 6.13. The van der Waals surface area contributed by atoms with Crippen molar-refractivity contribution in [1.29, 1.82) is 5.26 Å². The van der Waals surface area contributed by atoms with E-state index in [1.165, 1.54) is 30.1 Å². The van der Waals surface area contributed by atoms with Gasteiger partial charge in [-0.25, -0.2) is 9.67 Å². The Bertz CT molecular complexity index is 1800. The van der Waals surface area contributed by atoms with Crippen LogP contribution in [-0.4, -0.2) is 44.1 Å². The summed E-state index contributed by atoms with van der Waals surface area (Å²) in [5.41, 5.74) is 13.1. The number of nitrogens with one attached hydrogen (secondary N) is 3. The number of allylic oxidation sites excluding steroid dienone is 1. The van der Waals surface area contributed by atoms with E-state index in [-0.39, 0.29) is 39.9 Å². The number of nitriles is 1. The number of hydrazine groups is 1. The molecule has 2 amide bonds. The third-order valence-corrected chi connectivity index (χ3v) is 6.87. The van der Waals surface area contributed by atoms with Gasteiger partial charge in [0, 0.05) is 24.5 Å². The van der Waals surface area contributed by atoms with Crippen molar-refractivity contribution in [2.75, 3.05) is 22.7 Å². The van der Waals surface area contributed by atoms with Crippen molar-refractivity contribution in [3.8, 4) is 11.8 Å². The summed E-state index contributed by atoms with van der Waals surface area (Å²) < 4.78 is 1.58. The van der Waals surface area contributed by atoms with Gasteiger partial charge in [0.2, 0.25) is 0 Å². The summed E-state index contributed by atoms with van der Waals surface area (Å²) in [4.78, 5) is 33.8. The van der Waals surface area contributed by atoms with Crippen molar-refractivity contribution in [2.24, 2.45) is 16.6 Å². The number of anilines is 3. The topological polar surface area (TPSA) is 183 Å². The van der Waals surface area contributed by atoms with Gasteiger partial charge in [0.15, 0.2) is 17.3 Å². The predicted octanol–water partition coefficient (Wildman–Crippen LogP) is 4.42. The standard InChI is InChI=1S/C30H29N9O3/c1-17-9-10-24(34-15-18(2)12-17)39-29(20(14-31)16-35-39)38-37-25-21-7-4-3-6-19(21)13-22(27(25)40)30(42)36-23-8-5-11-33-26(23)28(32)41/h3-8,11-13,16,18,37-38,40H,9-10,15H2,1-2H3,(H2,32,41)(H,36,42). The molecule has 212 valence electrons. The normalized spacial score (nSPS) is 15.0. The highest BCUT2D eigenvalue weighted by Crippen LogP contribution is 2.37. The second kappa shape index (κ2) is 11.8. The van der Waals surface area contributed by atoms with Crippen LogP contribution in [0, 0.1) is 17.2 Å². The molecule has 0 radical (unpaired) electrons. The molecule has 0 fully saturated rings. The van der Waals surface area contributed by atoms with Crippen molar-refractivity contribution in [2.45, 2.75) is 26.7 Å². The first-order chi connectivity index (χ1) is 20.3. The Labute approximate surface area is 241 Å². The Morgan fingerprint density at radius 1 is 1.17 bits per heavy atom. The Balaban J connectivity index is 1.50. The fourth-order valence-electron chi connectivity index (χ4n) is 4.83. The van der Waals surface area contributed by atoms with Crippen LogP contribution >= 0.6 is 0 Å². The van der Waals surface area contributed by atoms with E-state index in [1.54, 1.807) is 35.0 Å². The van der Waals surface area contributed by atoms with Crippen LogP contribution in [0.1, 0.15) is 53.1 Å². The van der Waals surface area contributed by atoms with E-state index in [2.05, 4.69) is 52.2 Å². The molecule has 0 saturated heterocycles. The van der Waals surface area contributed by atoms with Crippen molar-refractivity contribution < 1.29 is 14.7 Å². The number of carbonyl (C=O) groups excluding carboxylic acids is 2. The molecule has 12 nitrogen and oxygen atoms in total. The average Bonchev–Trinajstić information content (AvgIpc) is 3.38. The maximum atomic E-state index is 13.3. The van der Waals surface area contributed by atoms with Crippen LogP contribution in [0.25, 0.3) is 10.8 Å². The number of carbonyl (C=O) groups is 2. The number of phenolic OH excluding ortho intramolecular Hbond substituents is 1. The van der Waals surface area contributed by atoms with Gasteiger partial charge in [-0.2, -0.15) is 10.4 Å². The van der Waals surface area contributed by atoms with E-state index in [0.29, 0.717) is 35.4 Å². The van der Waals surface area contributed by atoms with Crippen LogP contribution in [0.15, 0.2) is 71.5 Å². The van der Waals surface area contributed by atoms with E-state index in [1.807, 2.05) is 0 Å². The third-order valence-electron chi connectivity index (χ3n) is 6.87. The first kappa shape index (κ1) is 27.9. The first-order valence-electron chi connectivity index (χ1n) is 13.3. The molecule has 5 rings (SSSR count). The van der Waals surface area contributed by atoms with E-state index < -0.39 is 11.8 Å². The van der Waals surface area contributed by atoms with Crippen LogP contribution in [0.2, 0.25) is 0 Å². The van der Waals surface area contributed by atoms with E-state index in [4.69, 9.17) is 10.7 Å². The third kappa shape index (κ3) is 5.62. The number of aliphatic imine (C=N–C) groups is 1. The number of phenols is 1. The van der Waals surface area contributed by atoms with Crippen molar-refractivity contribution in [1.82, 2.24) is 14.8 Å². The van der Waals surface area contributed by atoms with Crippen LogP contribution in [0.4, 0.5) is 17.2 Å². The lowest BCUT2D eigenvalue weighted by Gasteiger charge is -2.19. The smallest absolute Gasteiger partial charge is 0.269 e. The van der Waals surface area contributed by atoms with Gasteiger partial charge in [0.25, 0.3) is 11.8 Å². The highest BCUT2D eigenvalue weighted by Gasteiger charge is 2.22. The lowest BCUT2D eigenvalue weighted by Crippen LogP contribution is -2.22. The number of fused-ring (bicyclic) bond motifs is 1. The molecule has 42 heavy (non-hydrogen) atoms. The maximum Gasteiger partial charge on any atom is 0.269 e. The Hall–Kier alpha value is -5.70. The fourth-order valence-corrected chi connectivity index (χ4v) is 4.83. The van der Waals surface area contributed by atoms with Crippen LogP contribution in [0.3, 0.4) is 0 Å². The number of pyridine rings is 1. The van der Waals surface area contributed by atoms with Crippen LogP contribution in [-0.2, 0) is 0 Å². The summed E-state index contributed by atoms with van der Waals surface area (Å²) in [5.74, 6) is -0.537. The Morgan fingerprint density at radius 3 is 2.76 bits per heavy atom. The number of primary amides is 1. The number of nitrogens with zero attached hydrogens (tertiary/aromatic N) is 5. The molecule has 0 saturated carbocycles. The number of benzene rings is 2. The summed E-state index contributed by atoms with van der Waals surface area (Å²) >= 11 is 0. The molecule has 0 spiro atoms. The largest absolute Gasteiger partial charge is 0.505 e. The minimum Gasteiger partial charge on any atom is -0.505 e. The molecule has 6 N–H and O–H groups in total. The molecule has 1 aliphatic heterocycles. The van der Waals surface area contributed by atoms with Gasteiger partial charge in [-0.3, -0.25) is 25.4 Å². The summed E-state index contributed by atoms with van der Waals surface area (Å²) in [6, 6.07) is 13.9. The van der Waals surface area contributed by atoms with Crippen LogP contribution < -0.4 is 21.9 Å². The Kier molecular flexibility index (Phi) is 7.83. The van der Waals surface area contributed by atoms with Gasteiger partial charge >= 0.3 is 0 Å². The molecule has 2 aromatic heterocycles. The number of amides is 2. The number of aromatic hydroxyl groups is 1. The van der Waals surface area contributed by atoms with Crippen molar-refractivity contribution in [3.63, 3.8) is 0 Å². The minimum atomic E-state index is -0.806. The second-order valence-corrected chi connectivity index (χ2v) is 10.0. The SMILES string of the molecule is CC1=CC(C)CN=C(n2ncc(C#N)c2NNc2c(O)c(C(=O)Nc3cccnc3C(N)=O)cc3ccccc23)CC1. The van der Waals surface area contributed by atoms with Gasteiger partial charge in [0.1, 0.15) is 23.2 Å². The molecule has 1 atom stereocenters. The number of rotatable bonds is 6. The number of nitrogens with two attached hydrogens (primary N) is 1. The van der Waals surface area contributed by atoms with Crippen molar-refractivity contribution in [3.05, 3.63) is 83.3 Å². The minimum absolute atomic E-state index is 0.0630. The molecule has 1 unspecified atom stereocenters. The van der Waals surface area contributed by atoms with E-state index in [0.717, 1.165) is 6.42 Å². The fraction of sp³-hybridized carbons (Fsp3) is 0.200. The molecule has 4 aromatic rings. The van der Waals surface area contributed by atoms with E-state index >= 15 is 0 Å². The lowest BCUT2D eigenvalue weighted by molar-refractivity contribution is 0.0996. The number of hydrogen-bond donors (Lipinski definition) is 5. The Morgan fingerprint density at radius 2 is 1.98 bits per heavy atom. The van der Waals surface area contributed by atoms with Gasteiger partial charge in [0.05, 0.1) is 17.4 Å². The van der Waals surface area contributed by atoms with Crippen molar-refractivity contribution >= 4 is 45.6 Å².